The fourth-order valence-corrected chi connectivity index (χ4v) is 5.07. The number of nitrogens with zero attached hydrogens (tertiary/aromatic N) is 2. The first-order valence-corrected chi connectivity index (χ1v) is 8.76. The van der Waals surface area contributed by atoms with Crippen molar-refractivity contribution in [3.63, 3.8) is 0 Å². The number of nitrogens with one attached hydrogen (secondary N) is 1. The molecule has 0 aromatic heterocycles. The Labute approximate surface area is 169 Å². The van der Waals surface area contributed by atoms with E-state index >= 15 is 0 Å². The Hall–Kier alpha value is -2.59. The third-order valence-corrected chi connectivity index (χ3v) is 6.51. The molecule has 1 saturated carbocycles. The van der Waals surface area contributed by atoms with Gasteiger partial charge in [0.25, 0.3) is 0 Å². The maximum atomic E-state index is 13.0. The van der Waals surface area contributed by atoms with Crippen LogP contribution >= 0.6 is 23.2 Å². The molecule has 0 aromatic carbocycles. The van der Waals surface area contributed by atoms with Crippen LogP contribution in [0.5, 0.6) is 0 Å². The van der Waals surface area contributed by atoms with E-state index in [4.69, 9.17) is 32.7 Å². The lowest BCUT2D eigenvalue weighted by Gasteiger charge is -2.51. The van der Waals surface area contributed by atoms with E-state index in [0.717, 1.165) is 13.2 Å². The molecule has 11 heteroatoms. The van der Waals surface area contributed by atoms with Crippen molar-refractivity contribution in [1.29, 1.82) is 10.5 Å². The predicted octanol–water partition coefficient (Wildman–Crippen LogP) is 0.375. The van der Waals surface area contributed by atoms with E-state index in [2.05, 4.69) is 5.32 Å². The van der Waals surface area contributed by atoms with E-state index in [1.165, 1.54) is 6.92 Å². The van der Waals surface area contributed by atoms with Gasteiger partial charge in [0.05, 0.1) is 30.9 Å². The summed E-state index contributed by atoms with van der Waals surface area (Å²) >= 11 is 12.2. The summed E-state index contributed by atoms with van der Waals surface area (Å²) in [5, 5.41) is 32.7. The van der Waals surface area contributed by atoms with Gasteiger partial charge in [-0.3, -0.25) is 4.79 Å². The van der Waals surface area contributed by atoms with Crippen LogP contribution in [0.25, 0.3) is 0 Å². The van der Waals surface area contributed by atoms with Crippen molar-refractivity contribution in [1.82, 2.24) is 5.32 Å². The predicted molar refractivity (Wildman–Crippen MR) is 92.0 cm³/mol. The van der Waals surface area contributed by atoms with Crippen LogP contribution in [0.4, 0.5) is 0 Å². The number of ether oxygens (including phenoxy) is 2. The van der Waals surface area contributed by atoms with Crippen molar-refractivity contribution in [2.24, 2.45) is 10.8 Å². The zero-order valence-electron chi connectivity index (χ0n) is 14.6. The third-order valence-electron chi connectivity index (χ3n) is 5.59. The number of halogens is 2. The Kier molecular flexibility index (Phi) is 4.28. The van der Waals surface area contributed by atoms with Crippen LogP contribution in [0, 0.1) is 33.5 Å². The number of hydrogen-bond acceptors (Lipinski definition) is 9. The highest BCUT2D eigenvalue weighted by atomic mass is 35.5. The zero-order chi connectivity index (χ0) is 21.1. The van der Waals surface area contributed by atoms with Gasteiger partial charge in [-0.2, -0.15) is 10.5 Å². The highest BCUT2D eigenvalue weighted by Gasteiger charge is 2.88. The quantitative estimate of drug-likeness (QED) is 0.611. The number of Topliss-reactive ketones (excluding diaryl/α,β-unsaturated/α-hetero) is 1. The first-order valence-electron chi connectivity index (χ1n) is 8.01. The van der Waals surface area contributed by atoms with Gasteiger partial charge < -0.3 is 19.9 Å². The van der Waals surface area contributed by atoms with Crippen molar-refractivity contribution >= 4 is 40.9 Å². The molecular formula is C17H13Cl2N3O6. The maximum absolute atomic E-state index is 13.0. The first-order chi connectivity index (χ1) is 13.1. The van der Waals surface area contributed by atoms with Gasteiger partial charge in [0.15, 0.2) is 16.9 Å². The molecule has 9 nitrogen and oxygen atoms in total. The molecule has 1 aliphatic heterocycles. The van der Waals surface area contributed by atoms with E-state index in [1.807, 2.05) is 0 Å². The molecule has 1 fully saturated rings. The smallest absolute Gasteiger partial charge is 0.354 e. The molecule has 2 aliphatic carbocycles. The minimum absolute atomic E-state index is 0.0261. The standard InChI is InChI=1S/C17H13Cl2N3O6/c1-3-28-12(24)8-4-15(7-21)14(6-20)5-16(22-8,13(25)27-2)17(15,26)10(19)9(18)11(14)23/h4,22,26H,3,5H2,1-2H3/t14-,15-,16+,17+/m1/s1. The number of aliphatic hydroxyl groups is 1. The molecule has 2 N–H and O–H groups in total. The van der Waals surface area contributed by atoms with Crippen LogP contribution in [-0.2, 0) is 23.9 Å². The summed E-state index contributed by atoms with van der Waals surface area (Å²) in [5.74, 6) is -3.13. The van der Waals surface area contributed by atoms with E-state index < -0.39 is 56.2 Å². The minimum atomic E-state index is -2.65. The number of esters is 2. The highest BCUT2D eigenvalue weighted by molar-refractivity contribution is 6.51. The van der Waals surface area contributed by atoms with Gasteiger partial charge >= 0.3 is 11.9 Å². The van der Waals surface area contributed by atoms with E-state index in [0.29, 0.717) is 0 Å². The van der Waals surface area contributed by atoms with Crippen molar-refractivity contribution in [3.05, 3.63) is 21.8 Å². The lowest BCUT2D eigenvalue weighted by Crippen LogP contribution is -2.72. The molecule has 3 aliphatic rings. The number of allylic oxidation sites excluding steroid dienone is 1. The molecule has 4 atom stereocenters. The SMILES string of the molecule is CCOC(=O)C1=C[C@]2(C#N)[C@@]3(O)C(Cl)=C(Cl)C(=O)[C@]2(C#N)C[C@@]3(C(=O)OC)N1. The Bertz CT molecular complexity index is 978. The number of rotatable bonds is 3. The molecule has 28 heavy (non-hydrogen) atoms. The Morgan fingerprint density at radius 2 is 2.00 bits per heavy atom. The summed E-state index contributed by atoms with van der Waals surface area (Å²) in [4.78, 5) is 38.1. The van der Waals surface area contributed by atoms with Crippen LogP contribution in [-0.4, -0.2) is 47.7 Å². The molecule has 1 heterocycles. The lowest BCUT2D eigenvalue weighted by molar-refractivity contribution is -0.161. The molecule has 3 rings (SSSR count). The van der Waals surface area contributed by atoms with Gasteiger partial charge in [-0.25, -0.2) is 9.59 Å². The second-order valence-electron chi connectivity index (χ2n) is 6.58. The number of nitriles is 2. The van der Waals surface area contributed by atoms with Crippen LogP contribution in [0.15, 0.2) is 21.8 Å². The summed E-state index contributed by atoms with van der Waals surface area (Å²) in [6.45, 7) is 1.51. The Morgan fingerprint density at radius 1 is 1.36 bits per heavy atom. The molecule has 146 valence electrons. The molecule has 0 saturated heterocycles. The average molecular weight is 426 g/mol. The molecule has 4 bridgehead atoms. The van der Waals surface area contributed by atoms with E-state index in [1.54, 1.807) is 12.1 Å². The number of methoxy groups -OCH3 is 1. The van der Waals surface area contributed by atoms with Gasteiger partial charge in [-0.05, 0) is 13.0 Å². The van der Waals surface area contributed by atoms with Crippen LogP contribution in [0.3, 0.4) is 0 Å². The Balaban J connectivity index is 2.50. The monoisotopic (exact) mass is 425 g/mol. The topological polar surface area (TPSA) is 150 Å². The third kappa shape index (κ3) is 1.77. The van der Waals surface area contributed by atoms with E-state index in [-0.39, 0.29) is 12.3 Å². The van der Waals surface area contributed by atoms with Crippen molar-refractivity contribution in [3.8, 4) is 12.1 Å². The molecule has 0 spiro atoms. The molecule has 0 radical (unpaired) electrons. The van der Waals surface area contributed by atoms with Gasteiger partial charge in [-0.1, -0.05) is 23.2 Å². The largest absolute Gasteiger partial charge is 0.467 e. The van der Waals surface area contributed by atoms with Crippen molar-refractivity contribution < 1.29 is 29.0 Å². The van der Waals surface area contributed by atoms with Crippen LogP contribution < -0.4 is 5.32 Å². The average Bonchev–Trinajstić information content (AvgIpc) is 2.77. The van der Waals surface area contributed by atoms with Gasteiger partial charge in [0.2, 0.25) is 0 Å². The first kappa shape index (κ1) is 20.2. The lowest BCUT2D eigenvalue weighted by atomic mass is 9.55. The molecule has 0 aromatic rings. The van der Waals surface area contributed by atoms with Crippen LogP contribution in [0.2, 0.25) is 0 Å². The van der Waals surface area contributed by atoms with Gasteiger partial charge in [-0.15, -0.1) is 0 Å². The summed E-state index contributed by atoms with van der Waals surface area (Å²) in [5.41, 5.74) is -10.1. The molecule has 0 amide bonds. The van der Waals surface area contributed by atoms with Crippen LogP contribution in [0.1, 0.15) is 13.3 Å². The maximum Gasteiger partial charge on any atom is 0.354 e. The van der Waals surface area contributed by atoms with Gasteiger partial charge in [0, 0.05) is 6.42 Å². The number of carbonyl (C=O) groups excluding carboxylic acids is 3. The number of hydrogen-bond donors (Lipinski definition) is 2. The summed E-state index contributed by atoms with van der Waals surface area (Å²) in [6, 6.07) is 3.49. The zero-order valence-corrected chi connectivity index (χ0v) is 16.1. The number of ketones is 1. The van der Waals surface area contributed by atoms with Crippen molar-refractivity contribution in [2.45, 2.75) is 24.5 Å². The fraction of sp³-hybridized carbons (Fsp3) is 0.471. The minimum Gasteiger partial charge on any atom is -0.467 e. The van der Waals surface area contributed by atoms with Gasteiger partial charge in [0.1, 0.15) is 21.6 Å². The fourth-order valence-electron chi connectivity index (χ4n) is 4.37. The summed E-state index contributed by atoms with van der Waals surface area (Å²) in [7, 11) is 1.00. The summed E-state index contributed by atoms with van der Waals surface area (Å²) < 4.78 is 9.67. The summed E-state index contributed by atoms with van der Waals surface area (Å²) in [6.07, 6.45) is 0.198. The normalized spacial score (nSPS) is 38.0. The molecule has 0 unspecified atom stereocenters. The second kappa shape index (κ2) is 5.95. The number of carbonyl (C=O) groups is 3. The van der Waals surface area contributed by atoms with E-state index in [9.17, 15) is 30.0 Å². The van der Waals surface area contributed by atoms with Crippen molar-refractivity contribution in [2.75, 3.05) is 13.7 Å². The Morgan fingerprint density at radius 3 is 2.50 bits per heavy atom. The highest BCUT2D eigenvalue weighted by Crippen LogP contribution is 2.72. The molecular weight excluding hydrogens is 413 g/mol. The second-order valence-corrected chi connectivity index (χ2v) is 7.34.